The van der Waals surface area contributed by atoms with Crippen molar-refractivity contribution in [2.24, 2.45) is 5.73 Å². The molecule has 1 atom stereocenters. The number of rotatable bonds is 6. The number of fused-ring (bicyclic) bond motifs is 1. The van der Waals surface area contributed by atoms with E-state index in [1.807, 2.05) is 13.0 Å². The molecule has 2 aliphatic rings. The summed E-state index contributed by atoms with van der Waals surface area (Å²) < 4.78 is 29.1. The van der Waals surface area contributed by atoms with Gasteiger partial charge in [-0.15, -0.1) is 0 Å². The number of aromatic hydroxyl groups is 1. The third-order valence-corrected chi connectivity index (χ3v) is 9.71. The molecule has 2 fully saturated rings. The lowest BCUT2D eigenvalue weighted by Gasteiger charge is -2.24. The van der Waals surface area contributed by atoms with E-state index >= 15 is 0 Å². The van der Waals surface area contributed by atoms with Gasteiger partial charge in [-0.25, -0.2) is 8.42 Å². The van der Waals surface area contributed by atoms with Crippen LogP contribution >= 0.6 is 23.2 Å². The van der Waals surface area contributed by atoms with Crippen LogP contribution in [-0.4, -0.2) is 45.2 Å². The van der Waals surface area contributed by atoms with Gasteiger partial charge in [-0.3, -0.25) is 4.98 Å². The van der Waals surface area contributed by atoms with Crippen LogP contribution in [0.25, 0.3) is 22.0 Å². The predicted molar refractivity (Wildman–Crippen MR) is 131 cm³/mol. The van der Waals surface area contributed by atoms with E-state index in [4.69, 9.17) is 28.9 Å². The molecule has 0 radical (unpaired) electrons. The lowest BCUT2D eigenvalue weighted by atomic mass is 9.95. The predicted octanol–water partition coefficient (Wildman–Crippen LogP) is 4.44. The number of hydrogen-bond donors (Lipinski definition) is 2. The number of sulfonamides is 1. The highest BCUT2D eigenvalue weighted by molar-refractivity contribution is 7.90. The SMILES string of the molecule is Cc1nc2cn(C[C@@H]3CCCN3S(=O)(=O)C3CC3)c(O)c2c(-c2ccc(Cl)cc2Cl)c1CN. The summed E-state index contributed by atoms with van der Waals surface area (Å²) in [5.74, 6) is 0.0314. The lowest BCUT2D eigenvalue weighted by Crippen LogP contribution is -2.39. The summed E-state index contributed by atoms with van der Waals surface area (Å²) in [6.45, 7) is 3.00. The lowest BCUT2D eigenvalue weighted by molar-refractivity contribution is 0.331. The maximum atomic E-state index is 12.9. The van der Waals surface area contributed by atoms with Gasteiger partial charge in [-0.2, -0.15) is 4.31 Å². The number of aryl methyl sites for hydroxylation is 1. The second-order valence-corrected chi connectivity index (χ2v) is 11.9. The molecule has 1 saturated carbocycles. The van der Waals surface area contributed by atoms with Gasteiger partial charge in [0.05, 0.1) is 16.2 Å². The van der Waals surface area contributed by atoms with Gasteiger partial charge < -0.3 is 15.4 Å². The Hall–Kier alpha value is -1.84. The molecule has 0 bridgehead atoms. The Kier molecular flexibility index (Phi) is 5.86. The van der Waals surface area contributed by atoms with Crippen molar-refractivity contribution >= 4 is 44.1 Å². The largest absolute Gasteiger partial charge is 0.494 e. The van der Waals surface area contributed by atoms with Gasteiger partial charge in [0.25, 0.3) is 0 Å². The zero-order valence-corrected chi connectivity index (χ0v) is 20.6. The van der Waals surface area contributed by atoms with Crippen molar-refractivity contribution in [1.82, 2.24) is 13.9 Å². The van der Waals surface area contributed by atoms with E-state index < -0.39 is 10.0 Å². The van der Waals surface area contributed by atoms with Crippen molar-refractivity contribution in [2.75, 3.05) is 6.54 Å². The average molecular weight is 509 g/mol. The molecule has 3 aromatic rings. The fourth-order valence-electron chi connectivity index (χ4n) is 4.93. The smallest absolute Gasteiger partial charge is 0.217 e. The number of nitrogens with zero attached hydrogens (tertiary/aromatic N) is 3. The van der Waals surface area contributed by atoms with E-state index in [0.717, 1.165) is 42.5 Å². The summed E-state index contributed by atoms with van der Waals surface area (Å²) in [4.78, 5) is 4.68. The summed E-state index contributed by atoms with van der Waals surface area (Å²) >= 11 is 12.6. The molecule has 176 valence electrons. The van der Waals surface area contributed by atoms with E-state index in [9.17, 15) is 13.5 Å². The monoisotopic (exact) mass is 508 g/mol. The molecule has 1 aromatic carbocycles. The molecule has 1 aliphatic heterocycles. The summed E-state index contributed by atoms with van der Waals surface area (Å²) in [5.41, 5.74) is 9.67. The highest BCUT2D eigenvalue weighted by atomic mass is 35.5. The number of aromatic nitrogens is 2. The highest BCUT2D eigenvalue weighted by Gasteiger charge is 2.44. The van der Waals surface area contributed by atoms with Crippen LogP contribution in [0.15, 0.2) is 24.4 Å². The molecule has 1 aliphatic carbocycles. The summed E-state index contributed by atoms with van der Waals surface area (Å²) in [5, 5.41) is 12.6. The Labute approximate surface area is 203 Å². The Morgan fingerprint density at radius 2 is 2.00 bits per heavy atom. The first-order valence-corrected chi connectivity index (χ1v) is 13.4. The fraction of sp³-hybridized carbons (Fsp3) is 0.435. The van der Waals surface area contributed by atoms with Gasteiger partial charge in [0.15, 0.2) is 0 Å². The van der Waals surface area contributed by atoms with Crippen molar-refractivity contribution in [3.8, 4) is 17.0 Å². The highest BCUT2D eigenvalue weighted by Crippen LogP contribution is 2.43. The van der Waals surface area contributed by atoms with E-state index in [1.54, 1.807) is 27.2 Å². The maximum absolute atomic E-state index is 12.9. The van der Waals surface area contributed by atoms with Crippen LogP contribution in [0.3, 0.4) is 0 Å². The fourth-order valence-corrected chi connectivity index (χ4v) is 7.51. The molecule has 7 nitrogen and oxygen atoms in total. The molecule has 33 heavy (non-hydrogen) atoms. The standard InChI is InChI=1S/C23H26Cl2N4O3S/c1-13-18(10-26)21(17-7-4-14(24)9-19(17)25)22-20(27-13)12-28(23(22)30)11-15-3-2-8-29(15)33(31,32)16-5-6-16/h4,7,9,12,15-16,30H,2-3,5-6,8,10-11,26H2,1H3/t15-/m0/s1. The molecule has 3 heterocycles. The third-order valence-electron chi connectivity index (χ3n) is 6.71. The van der Waals surface area contributed by atoms with Gasteiger partial charge in [0.1, 0.15) is 0 Å². The number of benzene rings is 1. The molecular weight excluding hydrogens is 483 g/mol. The van der Waals surface area contributed by atoms with Crippen LogP contribution in [0.5, 0.6) is 5.88 Å². The average Bonchev–Trinajstić information content (AvgIpc) is 3.45. The third kappa shape index (κ3) is 3.91. The number of pyridine rings is 1. The molecule has 0 spiro atoms. The topological polar surface area (TPSA) is 101 Å². The number of halogens is 2. The zero-order valence-electron chi connectivity index (χ0n) is 18.3. The van der Waals surface area contributed by atoms with Gasteiger partial charge in [0.2, 0.25) is 15.9 Å². The summed E-state index contributed by atoms with van der Waals surface area (Å²) in [6, 6.07) is 5.03. The Morgan fingerprint density at radius 1 is 1.24 bits per heavy atom. The van der Waals surface area contributed by atoms with E-state index in [1.165, 1.54) is 0 Å². The molecule has 1 saturated heterocycles. The second kappa shape index (κ2) is 8.43. The molecule has 2 aromatic heterocycles. The number of nitrogens with two attached hydrogens (primary N) is 1. The van der Waals surface area contributed by atoms with E-state index in [-0.39, 0.29) is 23.7 Å². The second-order valence-electron chi connectivity index (χ2n) is 8.90. The Morgan fingerprint density at radius 3 is 2.67 bits per heavy atom. The van der Waals surface area contributed by atoms with Crippen LogP contribution in [0, 0.1) is 6.92 Å². The molecule has 0 unspecified atom stereocenters. The van der Waals surface area contributed by atoms with E-state index in [0.29, 0.717) is 39.6 Å². The first-order chi connectivity index (χ1) is 15.7. The molecule has 10 heteroatoms. The normalized spacial score (nSPS) is 19.6. The minimum Gasteiger partial charge on any atom is -0.494 e. The van der Waals surface area contributed by atoms with Gasteiger partial charge >= 0.3 is 0 Å². The van der Waals surface area contributed by atoms with Gasteiger partial charge in [-0.1, -0.05) is 29.3 Å². The van der Waals surface area contributed by atoms with Crippen molar-refractivity contribution < 1.29 is 13.5 Å². The van der Waals surface area contributed by atoms with E-state index in [2.05, 4.69) is 4.98 Å². The first kappa shape index (κ1) is 22.9. The minimum atomic E-state index is -3.28. The zero-order chi connectivity index (χ0) is 23.5. The first-order valence-electron chi connectivity index (χ1n) is 11.1. The quantitative estimate of drug-likeness (QED) is 0.512. The molecule has 0 amide bonds. The van der Waals surface area contributed by atoms with Crippen LogP contribution in [0.1, 0.15) is 36.9 Å². The minimum absolute atomic E-state index is 0.0314. The maximum Gasteiger partial charge on any atom is 0.217 e. The number of hydrogen-bond acceptors (Lipinski definition) is 5. The van der Waals surface area contributed by atoms with Crippen molar-refractivity contribution in [3.63, 3.8) is 0 Å². The van der Waals surface area contributed by atoms with Crippen molar-refractivity contribution in [3.05, 3.63) is 45.7 Å². The Bertz CT molecular complexity index is 1350. The Balaban J connectivity index is 1.62. The van der Waals surface area contributed by atoms with Crippen molar-refractivity contribution in [1.29, 1.82) is 0 Å². The van der Waals surface area contributed by atoms with Crippen LogP contribution in [0.2, 0.25) is 10.0 Å². The van der Waals surface area contributed by atoms with Crippen LogP contribution < -0.4 is 5.73 Å². The summed E-state index contributed by atoms with van der Waals surface area (Å²) in [7, 11) is -3.28. The van der Waals surface area contributed by atoms with Gasteiger partial charge in [0, 0.05) is 58.7 Å². The van der Waals surface area contributed by atoms with Gasteiger partial charge in [-0.05, 0) is 50.3 Å². The molecule has 5 rings (SSSR count). The molecular formula is C23H26Cl2N4O3S. The summed E-state index contributed by atoms with van der Waals surface area (Å²) in [6.07, 6.45) is 4.83. The van der Waals surface area contributed by atoms with Crippen molar-refractivity contribution in [2.45, 2.75) is 57.0 Å². The molecule has 3 N–H and O–H groups in total. The van der Waals surface area contributed by atoms with Crippen LogP contribution in [0.4, 0.5) is 0 Å². The van der Waals surface area contributed by atoms with Crippen LogP contribution in [-0.2, 0) is 23.1 Å².